The smallest absolute Gasteiger partial charge is 0.226 e. The van der Waals surface area contributed by atoms with Gasteiger partial charge in [0.05, 0.1) is 14.7 Å². The average Bonchev–Trinajstić information content (AvgIpc) is 3.03. The number of amides is 1. The number of hydrogen-bond donors (Lipinski definition) is 1. The number of allylic oxidation sites excluding steroid dienone is 2. The SMILES string of the molecule is O=C(C[C@@H]1C=CCC1)Nc1nc2c(Cl)c(Cl)ccc2s1. The predicted molar refractivity (Wildman–Crippen MR) is 84.8 cm³/mol. The van der Waals surface area contributed by atoms with E-state index >= 15 is 0 Å². The van der Waals surface area contributed by atoms with E-state index in [0.717, 1.165) is 17.5 Å². The van der Waals surface area contributed by atoms with E-state index in [4.69, 9.17) is 23.2 Å². The number of rotatable bonds is 3. The molecule has 0 saturated carbocycles. The van der Waals surface area contributed by atoms with Crippen molar-refractivity contribution >= 4 is 55.8 Å². The van der Waals surface area contributed by atoms with E-state index in [2.05, 4.69) is 22.5 Å². The first kappa shape index (κ1) is 13.9. The molecule has 0 radical (unpaired) electrons. The highest BCUT2D eigenvalue weighted by molar-refractivity contribution is 7.22. The molecule has 0 fully saturated rings. The predicted octanol–water partition coefficient (Wildman–Crippen LogP) is 4.90. The molecular formula is C14H12Cl2N2OS. The van der Waals surface area contributed by atoms with Gasteiger partial charge in [-0.3, -0.25) is 4.79 Å². The molecule has 1 aliphatic carbocycles. The van der Waals surface area contributed by atoms with Gasteiger partial charge in [0.25, 0.3) is 0 Å². The van der Waals surface area contributed by atoms with Gasteiger partial charge in [-0.05, 0) is 30.9 Å². The van der Waals surface area contributed by atoms with Crippen molar-refractivity contribution in [3.63, 3.8) is 0 Å². The molecule has 1 N–H and O–H groups in total. The topological polar surface area (TPSA) is 42.0 Å². The maximum absolute atomic E-state index is 12.0. The maximum atomic E-state index is 12.0. The normalized spacial score (nSPS) is 17.8. The lowest BCUT2D eigenvalue weighted by atomic mass is 10.1. The van der Waals surface area contributed by atoms with E-state index in [1.54, 1.807) is 6.07 Å². The van der Waals surface area contributed by atoms with Gasteiger partial charge >= 0.3 is 0 Å². The third-order valence-corrected chi connectivity index (χ3v) is 4.99. The summed E-state index contributed by atoms with van der Waals surface area (Å²) in [6.07, 6.45) is 6.84. The third-order valence-electron chi connectivity index (χ3n) is 3.26. The molecule has 0 aliphatic heterocycles. The molecule has 104 valence electrons. The fourth-order valence-electron chi connectivity index (χ4n) is 2.26. The van der Waals surface area contributed by atoms with Crippen LogP contribution in [-0.4, -0.2) is 10.9 Å². The first-order valence-electron chi connectivity index (χ1n) is 6.34. The van der Waals surface area contributed by atoms with Crippen LogP contribution in [0.3, 0.4) is 0 Å². The fourth-order valence-corrected chi connectivity index (χ4v) is 3.57. The Morgan fingerprint density at radius 2 is 2.30 bits per heavy atom. The summed E-state index contributed by atoms with van der Waals surface area (Å²) >= 11 is 13.5. The van der Waals surface area contributed by atoms with Gasteiger partial charge in [0.1, 0.15) is 5.52 Å². The molecule has 0 bridgehead atoms. The number of carbonyl (C=O) groups is 1. The summed E-state index contributed by atoms with van der Waals surface area (Å²) in [7, 11) is 0. The van der Waals surface area contributed by atoms with E-state index in [-0.39, 0.29) is 5.91 Å². The molecule has 1 amide bonds. The van der Waals surface area contributed by atoms with Crippen LogP contribution in [0.2, 0.25) is 10.0 Å². The van der Waals surface area contributed by atoms with Crippen LogP contribution < -0.4 is 5.32 Å². The Balaban J connectivity index is 1.75. The van der Waals surface area contributed by atoms with Crippen LogP contribution in [-0.2, 0) is 4.79 Å². The lowest BCUT2D eigenvalue weighted by Crippen LogP contribution is -2.14. The number of aromatic nitrogens is 1. The molecule has 20 heavy (non-hydrogen) atoms. The quantitative estimate of drug-likeness (QED) is 0.815. The number of anilines is 1. The Kier molecular flexibility index (Phi) is 3.96. The van der Waals surface area contributed by atoms with Crippen molar-refractivity contribution in [3.8, 4) is 0 Å². The molecule has 3 rings (SSSR count). The largest absolute Gasteiger partial charge is 0.302 e. The number of thiazole rings is 1. The summed E-state index contributed by atoms with van der Waals surface area (Å²) in [6, 6.07) is 3.59. The highest BCUT2D eigenvalue weighted by atomic mass is 35.5. The van der Waals surface area contributed by atoms with Gasteiger partial charge < -0.3 is 5.32 Å². The standard InChI is InChI=1S/C14H12Cl2N2OS/c15-9-5-6-10-13(12(9)16)18-14(20-10)17-11(19)7-8-3-1-2-4-8/h1,3,5-6,8H,2,4,7H2,(H,17,18,19)/t8-/m1/s1. The third kappa shape index (κ3) is 2.82. The van der Waals surface area contributed by atoms with E-state index in [9.17, 15) is 4.79 Å². The van der Waals surface area contributed by atoms with Crippen LogP contribution in [0.1, 0.15) is 19.3 Å². The summed E-state index contributed by atoms with van der Waals surface area (Å²) < 4.78 is 0.912. The van der Waals surface area contributed by atoms with Crippen molar-refractivity contribution in [1.82, 2.24) is 4.98 Å². The Bertz CT molecular complexity index is 696. The molecule has 3 nitrogen and oxygen atoms in total. The molecule has 1 aromatic heterocycles. The second-order valence-corrected chi connectivity index (χ2v) is 6.56. The van der Waals surface area contributed by atoms with Gasteiger partial charge in [-0.2, -0.15) is 0 Å². The molecule has 2 aromatic rings. The first-order chi connectivity index (χ1) is 9.63. The van der Waals surface area contributed by atoms with Crippen LogP contribution in [0.25, 0.3) is 10.2 Å². The summed E-state index contributed by atoms with van der Waals surface area (Å²) in [6.45, 7) is 0. The Hall–Kier alpha value is -1.10. The summed E-state index contributed by atoms with van der Waals surface area (Å²) in [4.78, 5) is 16.3. The fraction of sp³-hybridized carbons (Fsp3) is 0.286. The maximum Gasteiger partial charge on any atom is 0.226 e. The van der Waals surface area contributed by atoms with Gasteiger partial charge in [0.2, 0.25) is 5.91 Å². The van der Waals surface area contributed by atoms with Crippen molar-refractivity contribution < 1.29 is 4.79 Å². The van der Waals surface area contributed by atoms with Crippen molar-refractivity contribution in [2.24, 2.45) is 5.92 Å². The zero-order chi connectivity index (χ0) is 14.1. The lowest BCUT2D eigenvalue weighted by Gasteiger charge is -2.06. The number of carbonyl (C=O) groups excluding carboxylic acids is 1. The van der Waals surface area contributed by atoms with Crippen LogP contribution in [0, 0.1) is 5.92 Å². The van der Waals surface area contributed by atoms with Crippen LogP contribution in [0.15, 0.2) is 24.3 Å². The number of hydrogen-bond acceptors (Lipinski definition) is 3. The minimum atomic E-state index is -0.0113. The van der Waals surface area contributed by atoms with E-state index in [0.29, 0.717) is 33.0 Å². The summed E-state index contributed by atoms with van der Waals surface area (Å²) in [5.41, 5.74) is 0.639. The lowest BCUT2D eigenvalue weighted by molar-refractivity contribution is -0.116. The van der Waals surface area contributed by atoms with Crippen molar-refractivity contribution in [2.75, 3.05) is 5.32 Å². The molecule has 0 spiro atoms. The Morgan fingerprint density at radius 1 is 1.45 bits per heavy atom. The number of halogens is 2. The second-order valence-electron chi connectivity index (χ2n) is 4.75. The minimum Gasteiger partial charge on any atom is -0.302 e. The minimum absolute atomic E-state index is 0.0113. The van der Waals surface area contributed by atoms with Gasteiger partial charge in [0.15, 0.2) is 5.13 Å². The number of nitrogens with zero attached hydrogens (tertiary/aromatic N) is 1. The molecule has 1 heterocycles. The highest BCUT2D eigenvalue weighted by Gasteiger charge is 2.16. The molecule has 1 aliphatic rings. The molecule has 6 heteroatoms. The Morgan fingerprint density at radius 3 is 3.05 bits per heavy atom. The van der Waals surface area contributed by atoms with E-state index in [1.165, 1.54) is 11.3 Å². The average molecular weight is 327 g/mol. The first-order valence-corrected chi connectivity index (χ1v) is 7.92. The molecule has 1 aromatic carbocycles. The van der Waals surface area contributed by atoms with Gasteiger partial charge in [-0.25, -0.2) is 4.98 Å². The van der Waals surface area contributed by atoms with Gasteiger partial charge in [-0.15, -0.1) is 0 Å². The van der Waals surface area contributed by atoms with Crippen LogP contribution in [0.4, 0.5) is 5.13 Å². The van der Waals surface area contributed by atoms with Crippen molar-refractivity contribution in [2.45, 2.75) is 19.3 Å². The summed E-state index contributed by atoms with van der Waals surface area (Å²) in [5.74, 6) is 0.338. The second kappa shape index (κ2) is 5.72. The van der Waals surface area contributed by atoms with E-state index in [1.807, 2.05) is 6.07 Å². The number of benzene rings is 1. The van der Waals surface area contributed by atoms with Crippen molar-refractivity contribution in [1.29, 1.82) is 0 Å². The van der Waals surface area contributed by atoms with Crippen LogP contribution in [0.5, 0.6) is 0 Å². The van der Waals surface area contributed by atoms with E-state index < -0.39 is 0 Å². The zero-order valence-electron chi connectivity index (χ0n) is 10.5. The molecular weight excluding hydrogens is 315 g/mol. The highest BCUT2D eigenvalue weighted by Crippen LogP contribution is 2.35. The summed E-state index contributed by atoms with van der Waals surface area (Å²) in [5, 5.41) is 4.30. The molecule has 0 saturated heterocycles. The number of fused-ring (bicyclic) bond motifs is 1. The monoisotopic (exact) mass is 326 g/mol. The van der Waals surface area contributed by atoms with Crippen molar-refractivity contribution in [3.05, 3.63) is 34.3 Å². The number of nitrogens with one attached hydrogen (secondary N) is 1. The van der Waals surface area contributed by atoms with Crippen LogP contribution >= 0.6 is 34.5 Å². The van der Waals surface area contributed by atoms with Gasteiger partial charge in [0, 0.05) is 6.42 Å². The molecule has 1 atom stereocenters. The zero-order valence-corrected chi connectivity index (χ0v) is 12.9. The van der Waals surface area contributed by atoms with Gasteiger partial charge in [-0.1, -0.05) is 46.7 Å². The Labute approximate surface area is 130 Å². The molecule has 0 unspecified atom stereocenters.